The van der Waals surface area contributed by atoms with Gasteiger partial charge in [-0.05, 0) is 69.3 Å². The SMILES string of the molecule is C1CC1CC1CC1.CCn1nccc1C.CN1CCN(C(=O)C(N)Cc2ccc(NC(=O)CNC=O)c(F)c2)CC1. The first kappa shape index (κ1) is 32.2. The van der Waals surface area contributed by atoms with E-state index in [9.17, 15) is 18.8 Å². The second kappa shape index (κ2) is 16.2. The Kier molecular flexibility index (Phi) is 12.7. The molecule has 3 aliphatic rings. The summed E-state index contributed by atoms with van der Waals surface area (Å²) in [6, 6.07) is 5.54. The van der Waals surface area contributed by atoms with Crippen LogP contribution in [0.2, 0.25) is 0 Å². The van der Waals surface area contributed by atoms with Crippen molar-refractivity contribution in [2.75, 3.05) is 45.1 Å². The van der Waals surface area contributed by atoms with Gasteiger partial charge < -0.3 is 26.2 Å². The van der Waals surface area contributed by atoms with Gasteiger partial charge >= 0.3 is 0 Å². The number of hydrogen-bond acceptors (Lipinski definition) is 6. The molecule has 1 aromatic heterocycles. The maximum absolute atomic E-state index is 14.1. The molecule has 2 saturated carbocycles. The van der Waals surface area contributed by atoms with E-state index in [1.807, 2.05) is 24.0 Å². The molecule has 3 amide bonds. The van der Waals surface area contributed by atoms with Crippen molar-refractivity contribution < 1.29 is 18.8 Å². The van der Waals surface area contributed by atoms with Gasteiger partial charge in [0, 0.05) is 44.6 Å². The highest BCUT2D eigenvalue weighted by molar-refractivity contribution is 5.93. The van der Waals surface area contributed by atoms with Gasteiger partial charge in [0.15, 0.2) is 0 Å². The number of hydrogen-bond donors (Lipinski definition) is 3. The molecule has 0 bridgehead atoms. The average molecular weight is 572 g/mol. The zero-order valence-corrected chi connectivity index (χ0v) is 24.7. The minimum Gasteiger partial charge on any atom is -0.350 e. The Balaban J connectivity index is 0.000000245. The van der Waals surface area contributed by atoms with Crippen molar-refractivity contribution in [2.24, 2.45) is 17.6 Å². The highest BCUT2D eigenvalue weighted by atomic mass is 19.1. The van der Waals surface area contributed by atoms with E-state index in [0.717, 1.165) is 19.6 Å². The van der Waals surface area contributed by atoms with Gasteiger partial charge in [0.05, 0.1) is 18.3 Å². The summed E-state index contributed by atoms with van der Waals surface area (Å²) in [6.45, 7) is 7.75. The van der Waals surface area contributed by atoms with Crippen LogP contribution < -0.4 is 16.4 Å². The number of anilines is 1. The van der Waals surface area contributed by atoms with Gasteiger partial charge in [-0.2, -0.15) is 5.10 Å². The first-order chi connectivity index (χ1) is 19.7. The third kappa shape index (κ3) is 11.6. The van der Waals surface area contributed by atoms with Crippen molar-refractivity contribution in [3.8, 4) is 0 Å². The Hall–Kier alpha value is -3.31. The van der Waals surface area contributed by atoms with Crippen molar-refractivity contribution in [1.82, 2.24) is 24.9 Å². The molecular weight excluding hydrogens is 525 g/mol. The third-order valence-corrected chi connectivity index (χ3v) is 7.53. The van der Waals surface area contributed by atoms with E-state index in [0.29, 0.717) is 25.1 Å². The largest absolute Gasteiger partial charge is 0.350 e. The molecule has 1 saturated heterocycles. The minimum absolute atomic E-state index is 0.00501. The molecule has 1 aromatic carbocycles. The Morgan fingerprint density at radius 2 is 1.78 bits per heavy atom. The molecule has 10 nitrogen and oxygen atoms in total. The minimum atomic E-state index is -0.741. The van der Waals surface area contributed by atoms with Gasteiger partial charge in [-0.15, -0.1) is 0 Å². The van der Waals surface area contributed by atoms with Crippen LogP contribution in [0.15, 0.2) is 30.5 Å². The van der Waals surface area contributed by atoms with Crippen molar-refractivity contribution >= 4 is 23.9 Å². The normalized spacial score (nSPS) is 17.3. The van der Waals surface area contributed by atoms with E-state index >= 15 is 0 Å². The van der Waals surface area contributed by atoms with Gasteiger partial charge in [0.1, 0.15) is 5.82 Å². The molecule has 3 fully saturated rings. The summed E-state index contributed by atoms with van der Waals surface area (Å²) < 4.78 is 16.1. The number of likely N-dealkylation sites (N-methyl/N-ethyl adjacent to an activating group) is 1. The number of carbonyl (C=O) groups is 3. The molecule has 2 aliphatic carbocycles. The van der Waals surface area contributed by atoms with Gasteiger partial charge in [-0.1, -0.05) is 31.7 Å². The van der Waals surface area contributed by atoms with E-state index in [1.54, 1.807) is 43.1 Å². The Labute approximate surface area is 242 Å². The Morgan fingerprint density at radius 1 is 1.12 bits per heavy atom. The summed E-state index contributed by atoms with van der Waals surface area (Å²) in [5, 5.41) is 8.60. The van der Waals surface area contributed by atoms with Gasteiger partial charge in [-0.3, -0.25) is 19.1 Å². The fourth-order valence-electron chi connectivity index (χ4n) is 4.63. The van der Waals surface area contributed by atoms with Crippen LogP contribution in [0.3, 0.4) is 0 Å². The molecule has 1 aliphatic heterocycles. The zero-order valence-electron chi connectivity index (χ0n) is 24.7. The van der Waals surface area contributed by atoms with E-state index in [-0.39, 0.29) is 24.6 Å². The summed E-state index contributed by atoms with van der Waals surface area (Å²) in [7, 11) is 2.00. The molecule has 0 radical (unpaired) electrons. The lowest BCUT2D eigenvalue weighted by molar-refractivity contribution is -0.134. The van der Waals surface area contributed by atoms with E-state index in [4.69, 9.17) is 5.73 Å². The lowest BCUT2D eigenvalue weighted by Crippen LogP contribution is -2.52. The number of nitrogens with zero attached hydrogens (tertiary/aromatic N) is 4. The van der Waals surface area contributed by atoms with Gasteiger partial charge in [0.2, 0.25) is 18.2 Å². The van der Waals surface area contributed by atoms with E-state index in [1.165, 1.54) is 29.7 Å². The van der Waals surface area contributed by atoms with Crippen molar-refractivity contribution in [3.05, 3.63) is 47.5 Å². The van der Waals surface area contributed by atoms with Crippen LogP contribution in [0.5, 0.6) is 0 Å². The van der Waals surface area contributed by atoms with Crippen LogP contribution in [0.4, 0.5) is 10.1 Å². The number of carbonyl (C=O) groups excluding carboxylic acids is 3. The lowest BCUT2D eigenvalue weighted by atomic mass is 10.0. The molecular formula is C30H46FN7O3. The lowest BCUT2D eigenvalue weighted by Gasteiger charge is -2.33. The standard InChI is InChI=1S/C17H24FN5O3.C7H12.C6H10N2/c1-22-4-6-23(7-5-22)17(26)14(19)9-12-2-3-15(13(18)8-12)21-16(25)10-20-11-24;1-2-6(1)5-7-3-4-7;1-3-8-6(2)4-5-7-8/h2-3,8,11,14H,4-7,9-10,19H2,1H3,(H,20,24)(H,21,25);6-7H,1-5H2;4-5H,3H2,1-2H3. The summed E-state index contributed by atoms with van der Waals surface area (Å²) in [5.41, 5.74) is 7.81. The summed E-state index contributed by atoms with van der Waals surface area (Å²) in [6.07, 6.45) is 10.2. The highest BCUT2D eigenvalue weighted by Gasteiger charge is 2.30. The average Bonchev–Trinajstić information content (AvgIpc) is 3.91. The topological polar surface area (TPSA) is 126 Å². The zero-order chi connectivity index (χ0) is 29.8. The number of piperazine rings is 1. The van der Waals surface area contributed by atoms with Crippen LogP contribution in [0.1, 0.15) is 50.3 Å². The van der Waals surface area contributed by atoms with Crippen molar-refractivity contribution in [2.45, 2.75) is 65.0 Å². The molecule has 0 spiro atoms. The number of rotatable bonds is 10. The number of nitrogens with one attached hydrogen (secondary N) is 2. The predicted molar refractivity (Wildman–Crippen MR) is 158 cm³/mol. The number of amides is 3. The maximum Gasteiger partial charge on any atom is 0.243 e. The molecule has 11 heteroatoms. The number of nitrogens with two attached hydrogens (primary N) is 1. The van der Waals surface area contributed by atoms with Crippen molar-refractivity contribution in [3.63, 3.8) is 0 Å². The monoisotopic (exact) mass is 571 g/mol. The first-order valence-electron chi connectivity index (χ1n) is 14.7. The number of aromatic nitrogens is 2. The summed E-state index contributed by atoms with van der Waals surface area (Å²) in [4.78, 5) is 37.9. The third-order valence-electron chi connectivity index (χ3n) is 7.53. The molecule has 5 rings (SSSR count). The first-order valence-corrected chi connectivity index (χ1v) is 14.7. The molecule has 2 heterocycles. The fourth-order valence-corrected chi connectivity index (χ4v) is 4.63. The maximum atomic E-state index is 14.1. The quantitative estimate of drug-likeness (QED) is 0.377. The molecule has 226 valence electrons. The van der Waals surface area contributed by atoms with E-state index in [2.05, 4.69) is 34.5 Å². The molecule has 41 heavy (non-hydrogen) atoms. The highest BCUT2D eigenvalue weighted by Crippen LogP contribution is 2.43. The predicted octanol–water partition coefficient (Wildman–Crippen LogP) is 2.56. The van der Waals surface area contributed by atoms with Crippen LogP contribution in [-0.4, -0.2) is 83.6 Å². The van der Waals surface area contributed by atoms with E-state index < -0.39 is 17.8 Å². The molecule has 2 aromatic rings. The van der Waals surface area contributed by atoms with Crippen LogP contribution in [0.25, 0.3) is 0 Å². The fraction of sp³-hybridized carbons (Fsp3) is 0.600. The second-order valence-electron chi connectivity index (χ2n) is 11.2. The Bertz CT molecular complexity index is 1120. The van der Waals surface area contributed by atoms with Gasteiger partial charge in [-0.25, -0.2) is 4.39 Å². The second-order valence-corrected chi connectivity index (χ2v) is 11.2. The molecule has 1 unspecified atom stereocenters. The number of aryl methyl sites for hydroxylation is 2. The number of benzene rings is 1. The summed E-state index contributed by atoms with van der Waals surface area (Å²) in [5.74, 6) is 1.07. The van der Waals surface area contributed by atoms with Crippen LogP contribution in [-0.2, 0) is 27.3 Å². The smallest absolute Gasteiger partial charge is 0.243 e. The summed E-state index contributed by atoms with van der Waals surface area (Å²) >= 11 is 0. The van der Waals surface area contributed by atoms with Crippen LogP contribution >= 0.6 is 0 Å². The number of halogens is 1. The molecule has 1 atom stereocenters. The van der Waals surface area contributed by atoms with Gasteiger partial charge in [0.25, 0.3) is 0 Å². The Morgan fingerprint density at radius 3 is 2.27 bits per heavy atom. The molecule has 4 N–H and O–H groups in total. The van der Waals surface area contributed by atoms with Crippen LogP contribution in [0, 0.1) is 24.6 Å². The van der Waals surface area contributed by atoms with Crippen molar-refractivity contribution in [1.29, 1.82) is 0 Å².